The smallest absolute Gasteiger partial charge is 0.136 e. The second-order valence-corrected chi connectivity index (χ2v) is 5.04. The van der Waals surface area contributed by atoms with Crippen LogP contribution in [0.2, 0.25) is 0 Å². The molecule has 0 aromatic carbocycles. The fourth-order valence-electron chi connectivity index (χ4n) is 3.75. The predicted molar refractivity (Wildman–Crippen MR) is 46.7 cm³/mol. The summed E-state index contributed by atoms with van der Waals surface area (Å²) in [7, 11) is 0. The Labute approximate surface area is 73.5 Å². The molecule has 3 rings (SSSR count). The van der Waals surface area contributed by atoms with E-state index < -0.39 is 0 Å². The number of carbonyl (C=O) groups is 1. The molecular weight excluding hydrogens is 148 g/mol. The van der Waals surface area contributed by atoms with Gasteiger partial charge in [-0.25, -0.2) is 0 Å². The van der Waals surface area contributed by atoms with E-state index in [1.807, 2.05) is 0 Å². The average molecular weight is 164 g/mol. The van der Waals surface area contributed by atoms with Crippen molar-refractivity contribution in [2.45, 2.75) is 38.5 Å². The number of Topliss-reactive ketones (excluding diaryl/α,β-unsaturated/α-hetero) is 1. The minimum atomic E-state index is 0.491. The lowest BCUT2D eigenvalue weighted by Gasteiger charge is -2.47. The third-order valence-electron chi connectivity index (χ3n) is 4.37. The molecule has 0 N–H and O–H groups in total. The summed E-state index contributed by atoms with van der Waals surface area (Å²) in [5.74, 6) is 3.76. The standard InChI is InChI=1S/C11H16O/c12-11-6-8-2-1-7-3-9(8)5-10(11)4-7/h7-10H,1-6H2/t7-,8?,9-,10-/m1/s1. The molecule has 3 fully saturated rings. The van der Waals surface area contributed by atoms with Crippen LogP contribution in [-0.2, 0) is 4.79 Å². The molecule has 3 saturated carbocycles. The third-order valence-corrected chi connectivity index (χ3v) is 4.37. The van der Waals surface area contributed by atoms with Gasteiger partial charge in [0.05, 0.1) is 0 Å². The normalized spacial score (nSPS) is 51.2. The van der Waals surface area contributed by atoms with Crippen LogP contribution in [0.25, 0.3) is 0 Å². The van der Waals surface area contributed by atoms with E-state index >= 15 is 0 Å². The minimum Gasteiger partial charge on any atom is -0.299 e. The molecule has 12 heavy (non-hydrogen) atoms. The highest BCUT2D eigenvalue weighted by atomic mass is 16.1. The Balaban J connectivity index is 1.92. The first kappa shape index (κ1) is 7.11. The average Bonchev–Trinajstić information content (AvgIpc) is 2.07. The van der Waals surface area contributed by atoms with Crippen molar-refractivity contribution < 1.29 is 4.79 Å². The highest BCUT2D eigenvalue weighted by Crippen LogP contribution is 2.50. The van der Waals surface area contributed by atoms with Crippen LogP contribution in [0.1, 0.15) is 38.5 Å². The van der Waals surface area contributed by atoms with Crippen LogP contribution >= 0.6 is 0 Å². The van der Waals surface area contributed by atoms with Crippen molar-refractivity contribution in [1.82, 2.24) is 0 Å². The van der Waals surface area contributed by atoms with Gasteiger partial charge in [-0.3, -0.25) is 4.79 Å². The maximum absolute atomic E-state index is 11.6. The topological polar surface area (TPSA) is 17.1 Å². The second kappa shape index (κ2) is 2.34. The maximum Gasteiger partial charge on any atom is 0.136 e. The Morgan fingerprint density at radius 2 is 1.92 bits per heavy atom. The second-order valence-electron chi connectivity index (χ2n) is 5.04. The molecule has 1 unspecified atom stereocenters. The molecule has 3 aliphatic carbocycles. The summed E-state index contributed by atoms with van der Waals surface area (Å²) in [5, 5.41) is 0. The van der Waals surface area contributed by atoms with Gasteiger partial charge in [-0.2, -0.15) is 0 Å². The van der Waals surface area contributed by atoms with E-state index in [1.54, 1.807) is 0 Å². The Bertz CT molecular complexity index is 219. The molecule has 0 radical (unpaired) electrons. The van der Waals surface area contributed by atoms with Gasteiger partial charge in [0.1, 0.15) is 5.78 Å². The van der Waals surface area contributed by atoms with Gasteiger partial charge >= 0.3 is 0 Å². The molecule has 0 aromatic heterocycles. The number of carbonyl (C=O) groups excluding carboxylic acids is 1. The van der Waals surface area contributed by atoms with Gasteiger partial charge in [-0.05, 0) is 43.4 Å². The van der Waals surface area contributed by atoms with Crippen molar-refractivity contribution in [1.29, 1.82) is 0 Å². The van der Waals surface area contributed by atoms with Gasteiger partial charge in [0.25, 0.3) is 0 Å². The van der Waals surface area contributed by atoms with E-state index in [2.05, 4.69) is 0 Å². The van der Waals surface area contributed by atoms with Crippen molar-refractivity contribution in [2.24, 2.45) is 23.7 Å². The first-order valence-corrected chi connectivity index (χ1v) is 5.35. The number of fused-ring (bicyclic) bond motifs is 2. The van der Waals surface area contributed by atoms with Crippen LogP contribution in [0.5, 0.6) is 0 Å². The lowest BCUT2D eigenvalue weighted by Crippen LogP contribution is -2.42. The zero-order chi connectivity index (χ0) is 8.13. The Morgan fingerprint density at radius 3 is 2.83 bits per heavy atom. The van der Waals surface area contributed by atoms with Crippen LogP contribution in [-0.4, -0.2) is 5.78 Å². The van der Waals surface area contributed by atoms with Crippen LogP contribution in [0.3, 0.4) is 0 Å². The van der Waals surface area contributed by atoms with Gasteiger partial charge in [-0.15, -0.1) is 0 Å². The molecule has 3 bridgehead atoms. The molecule has 4 atom stereocenters. The molecule has 0 spiro atoms. The minimum absolute atomic E-state index is 0.491. The first-order chi connectivity index (χ1) is 5.83. The zero-order valence-electron chi connectivity index (χ0n) is 7.46. The van der Waals surface area contributed by atoms with Gasteiger partial charge < -0.3 is 0 Å². The van der Waals surface area contributed by atoms with E-state index in [4.69, 9.17) is 0 Å². The van der Waals surface area contributed by atoms with Crippen molar-refractivity contribution in [3.05, 3.63) is 0 Å². The van der Waals surface area contributed by atoms with Crippen molar-refractivity contribution in [3.63, 3.8) is 0 Å². The molecule has 0 aliphatic heterocycles. The molecule has 0 saturated heterocycles. The van der Waals surface area contributed by atoms with E-state index in [0.29, 0.717) is 11.7 Å². The van der Waals surface area contributed by atoms with E-state index in [9.17, 15) is 4.79 Å². The van der Waals surface area contributed by atoms with E-state index in [-0.39, 0.29) is 0 Å². The fourth-order valence-corrected chi connectivity index (χ4v) is 3.75. The Morgan fingerprint density at radius 1 is 1.00 bits per heavy atom. The van der Waals surface area contributed by atoms with E-state index in [1.165, 1.54) is 32.1 Å². The van der Waals surface area contributed by atoms with Gasteiger partial charge in [0.15, 0.2) is 0 Å². The van der Waals surface area contributed by atoms with Crippen LogP contribution in [0, 0.1) is 23.7 Å². The fraction of sp³-hybridized carbons (Fsp3) is 0.909. The number of rotatable bonds is 0. The predicted octanol–water partition coefficient (Wildman–Crippen LogP) is 2.40. The number of hydrogen-bond acceptors (Lipinski definition) is 1. The molecule has 0 heterocycles. The quantitative estimate of drug-likeness (QED) is 0.537. The maximum atomic E-state index is 11.6. The summed E-state index contributed by atoms with van der Waals surface area (Å²) in [6.07, 6.45) is 7.65. The van der Waals surface area contributed by atoms with Crippen molar-refractivity contribution in [3.8, 4) is 0 Å². The number of ketones is 1. The van der Waals surface area contributed by atoms with Crippen molar-refractivity contribution >= 4 is 5.78 Å². The lowest BCUT2D eigenvalue weighted by atomic mass is 9.57. The third kappa shape index (κ3) is 0.884. The lowest BCUT2D eigenvalue weighted by molar-refractivity contribution is -0.133. The summed E-state index contributed by atoms with van der Waals surface area (Å²) in [4.78, 5) is 11.6. The Kier molecular flexibility index (Phi) is 1.38. The summed E-state index contributed by atoms with van der Waals surface area (Å²) >= 11 is 0. The molecule has 1 heteroatoms. The highest BCUT2D eigenvalue weighted by Gasteiger charge is 2.44. The first-order valence-electron chi connectivity index (χ1n) is 5.35. The summed E-state index contributed by atoms with van der Waals surface area (Å²) in [6, 6.07) is 0. The van der Waals surface area contributed by atoms with Crippen LogP contribution in [0.4, 0.5) is 0 Å². The molecule has 1 nitrogen and oxygen atoms in total. The highest BCUT2D eigenvalue weighted by molar-refractivity contribution is 5.82. The van der Waals surface area contributed by atoms with Crippen molar-refractivity contribution in [2.75, 3.05) is 0 Å². The molecule has 66 valence electrons. The monoisotopic (exact) mass is 164 g/mol. The molecule has 3 aliphatic rings. The zero-order valence-corrected chi connectivity index (χ0v) is 7.46. The largest absolute Gasteiger partial charge is 0.299 e. The van der Waals surface area contributed by atoms with Crippen LogP contribution in [0.15, 0.2) is 0 Å². The van der Waals surface area contributed by atoms with E-state index in [0.717, 1.165) is 24.2 Å². The summed E-state index contributed by atoms with van der Waals surface area (Å²) < 4.78 is 0. The molecular formula is C11H16O. The summed E-state index contributed by atoms with van der Waals surface area (Å²) in [6.45, 7) is 0. The molecule has 0 amide bonds. The summed E-state index contributed by atoms with van der Waals surface area (Å²) in [5.41, 5.74) is 0. The Hall–Kier alpha value is -0.330. The van der Waals surface area contributed by atoms with Crippen LogP contribution < -0.4 is 0 Å². The van der Waals surface area contributed by atoms with Gasteiger partial charge in [-0.1, -0.05) is 6.42 Å². The van der Waals surface area contributed by atoms with Gasteiger partial charge in [0, 0.05) is 12.3 Å². The SMILES string of the molecule is O=C1CC2CC[C@H]3C[C@@H]1C[C@H]2C3. The number of hydrogen-bond donors (Lipinski definition) is 0. The molecule has 0 aromatic rings. The van der Waals surface area contributed by atoms with Gasteiger partial charge in [0.2, 0.25) is 0 Å².